The zero-order valence-corrected chi connectivity index (χ0v) is 16.6. The van der Waals surface area contributed by atoms with Crippen LogP contribution in [-0.4, -0.2) is 60.2 Å². The number of amides is 2. The quantitative estimate of drug-likeness (QED) is 0.869. The molecule has 1 aliphatic heterocycles. The number of nitrogens with zero attached hydrogens (tertiary/aromatic N) is 3. The summed E-state index contributed by atoms with van der Waals surface area (Å²) in [6.45, 7) is 8.93. The van der Waals surface area contributed by atoms with Crippen LogP contribution in [0.1, 0.15) is 50.5 Å². The van der Waals surface area contributed by atoms with Crippen LogP contribution in [0.5, 0.6) is 0 Å². The van der Waals surface area contributed by atoms with Gasteiger partial charge in [-0.15, -0.1) is 11.3 Å². The monoisotopic (exact) mass is 380 g/mol. The highest BCUT2D eigenvalue weighted by Gasteiger charge is 2.27. The summed E-state index contributed by atoms with van der Waals surface area (Å²) >= 11 is 1.48. The summed E-state index contributed by atoms with van der Waals surface area (Å²) < 4.78 is 5.42. The van der Waals surface area contributed by atoms with Gasteiger partial charge in [-0.2, -0.15) is 0 Å². The highest BCUT2D eigenvalue weighted by atomic mass is 32.1. The van der Waals surface area contributed by atoms with Gasteiger partial charge in [0.05, 0.1) is 0 Å². The summed E-state index contributed by atoms with van der Waals surface area (Å²) in [5.41, 5.74) is 0.00421. The zero-order valence-electron chi connectivity index (χ0n) is 15.8. The third kappa shape index (κ3) is 4.87. The predicted octanol–water partition coefficient (Wildman–Crippen LogP) is 2.73. The standard InChI is InChI=1S/C18H28N4O3S/c1-18(2,3)25-17(24)22-9-7-21(8-10-22)16-20-14(12-26-16)15(23)19-11-13-5-4-6-13/h12-13H,4-11H2,1-3H3,(H,19,23). The van der Waals surface area contributed by atoms with Crippen LogP contribution >= 0.6 is 11.3 Å². The van der Waals surface area contributed by atoms with E-state index >= 15 is 0 Å². The van der Waals surface area contributed by atoms with Gasteiger partial charge in [-0.1, -0.05) is 6.42 Å². The Balaban J connectivity index is 1.48. The van der Waals surface area contributed by atoms with Gasteiger partial charge in [0, 0.05) is 38.1 Å². The van der Waals surface area contributed by atoms with E-state index in [0.29, 0.717) is 37.8 Å². The molecule has 2 aliphatic rings. The minimum atomic E-state index is -0.481. The highest BCUT2D eigenvalue weighted by molar-refractivity contribution is 7.13. The van der Waals surface area contributed by atoms with Gasteiger partial charge in [0.2, 0.25) is 0 Å². The van der Waals surface area contributed by atoms with Crippen LogP contribution in [0.25, 0.3) is 0 Å². The molecule has 0 spiro atoms. The number of thiazole rings is 1. The second-order valence-electron chi connectivity index (χ2n) is 7.98. The lowest BCUT2D eigenvalue weighted by molar-refractivity contribution is 0.0240. The topological polar surface area (TPSA) is 74.8 Å². The van der Waals surface area contributed by atoms with Crippen molar-refractivity contribution >= 4 is 28.5 Å². The molecule has 1 saturated carbocycles. The molecule has 2 heterocycles. The maximum atomic E-state index is 12.2. The average Bonchev–Trinajstić information content (AvgIpc) is 3.02. The molecule has 26 heavy (non-hydrogen) atoms. The van der Waals surface area contributed by atoms with Crippen molar-refractivity contribution < 1.29 is 14.3 Å². The van der Waals surface area contributed by atoms with Crippen molar-refractivity contribution in [2.45, 2.75) is 45.6 Å². The number of rotatable bonds is 4. The molecule has 2 fully saturated rings. The minimum absolute atomic E-state index is 0.0909. The van der Waals surface area contributed by atoms with Gasteiger partial charge < -0.3 is 19.9 Å². The number of carbonyl (C=O) groups is 2. The number of hydrogen-bond donors (Lipinski definition) is 1. The molecular weight excluding hydrogens is 352 g/mol. The second kappa shape index (κ2) is 7.82. The van der Waals surface area contributed by atoms with Gasteiger partial charge in [0.1, 0.15) is 11.3 Å². The zero-order chi connectivity index (χ0) is 18.7. The number of piperazine rings is 1. The number of anilines is 1. The number of nitrogens with one attached hydrogen (secondary N) is 1. The number of carbonyl (C=O) groups excluding carboxylic acids is 2. The third-order valence-corrected chi connectivity index (χ3v) is 5.60. The number of ether oxygens (including phenoxy) is 1. The Hall–Kier alpha value is -1.83. The summed E-state index contributed by atoms with van der Waals surface area (Å²) in [6, 6.07) is 0. The van der Waals surface area contributed by atoms with Crippen molar-refractivity contribution in [3.8, 4) is 0 Å². The van der Waals surface area contributed by atoms with Gasteiger partial charge in [0.25, 0.3) is 5.91 Å². The predicted molar refractivity (Wildman–Crippen MR) is 102 cm³/mol. The Labute approximate surface area is 158 Å². The van der Waals surface area contributed by atoms with Crippen molar-refractivity contribution in [3.63, 3.8) is 0 Å². The molecule has 7 nitrogen and oxygen atoms in total. The van der Waals surface area contributed by atoms with E-state index in [4.69, 9.17) is 4.74 Å². The molecule has 1 N–H and O–H groups in total. The Kier molecular flexibility index (Phi) is 5.70. The Morgan fingerprint density at radius 3 is 2.54 bits per heavy atom. The molecule has 144 valence electrons. The highest BCUT2D eigenvalue weighted by Crippen LogP contribution is 2.26. The lowest BCUT2D eigenvalue weighted by atomic mass is 9.85. The first-order valence-corrected chi connectivity index (χ1v) is 10.2. The summed E-state index contributed by atoms with van der Waals surface area (Å²) in [5, 5.41) is 5.63. The molecule has 2 amide bonds. The van der Waals surface area contributed by atoms with Gasteiger partial charge in [-0.3, -0.25) is 4.79 Å². The second-order valence-corrected chi connectivity index (χ2v) is 8.81. The normalized spacial score (nSPS) is 18.4. The molecule has 3 rings (SSSR count). The van der Waals surface area contributed by atoms with E-state index in [2.05, 4.69) is 15.2 Å². The summed E-state index contributed by atoms with van der Waals surface area (Å²) in [6.07, 6.45) is 3.43. The fourth-order valence-corrected chi connectivity index (χ4v) is 3.80. The van der Waals surface area contributed by atoms with Crippen LogP contribution in [0, 0.1) is 5.92 Å². The van der Waals surface area contributed by atoms with E-state index in [-0.39, 0.29) is 12.0 Å². The van der Waals surface area contributed by atoms with E-state index in [1.54, 1.807) is 4.90 Å². The van der Waals surface area contributed by atoms with E-state index in [1.165, 1.54) is 30.6 Å². The van der Waals surface area contributed by atoms with E-state index in [0.717, 1.165) is 11.7 Å². The van der Waals surface area contributed by atoms with Crippen LogP contribution in [0.3, 0.4) is 0 Å². The van der Waals surface area contributed by atoms with Crippen LogP contribution in [-0.2, 0) is 4.74 Å². The SMILES string of the molecule is CC(C)(C)OC(=O)N1CCN(c2nc(C(=O)NCC3CCC3)cs2)CC1. The van der Waals surface area contributed by atoms with Crippen LogP contribution in [0.4, 0.5) is 9.93 Å². The lowest BCUT2D eigenvalue weighted by Crippen LogP contribution is -2.50. The molecule has 0 unspecified atom stereocenters. The molecule has 0 aromatic carbocycles. The van der Waals surface area contributed by atoms with E-state index in [9.17, 15) is 9.59 Å². The molecule has 1 saturated heterocycles. The smallest absolute Gasteiger partial charge is 0.410 e. The molecule has 1 aromatic heterocycles. The lowest BCUT2D eigenvalue weighted by Gasteiger charge is -2.35. The Bertz CT molecular complexity index is 643. The fraction of sp³-hybridized carbons (Fsp3) is 0.722. The molecule has 1 aliphatic carbocycles. The first-order valence-electron chi connectivity index (χ1n) is 9.28. The largest absolute Gasteiger partial charge is 0.444 e. The van der Waals surface area contributed by atoms with Crippen molar-refractivity contribution in [1.82, 2.24) is 15.2 Å². The maximum absolute atomic E-state index is 12.2. The minimum Gasteiger partial charge on any atom is -0.444 e. The van der Waals surface area contributed by atoms with E-state index in [1.807, 2.05) is 26.2 Å². The molecule has 8 heteroatoms. The van der Waals surface area contributed by atoms with Crippen LogP contribution < -0.4 is 10.2 Å². The first-order chi connectivity index (χ1) is 12.3. The van der Waals surface area contributed by atoms with E-state index < -0.39 is 5.60 Å². The number of hydrogen-bond acceptors (Lipinski definition) is 6. The fourth-order valence-electron chi connectivity index (χ4n) is 2.95. The molecule has 0 atom stereocenters. The Morgan fingerprint density at radius 2 is 1.96 bits per heavy atom. The van der Waals surface area contributed by atoms with Crippen molar-refractivity contribution in [1.29, 1.82) is 0 Å². The van der Waals surface area contributed by atoms with Gasteiger partial charge in [-0.25, -0.2) is 9.78 Å². The van der Waals surface area contributed by atoms with Gasteiger partial charge in [-0.05, 0) is 39.5 Å². The summed E-state index contributed by atoms with van der Waals surface area (Å²) in [7, 11) is 0. The average molecular weight is 381 g/mol. The van der Waals surface area contributed by atoms with Crippen LogP contribution in [0.15, 0.2) is 5.38 Å². The Morgan fingerprint density at radius 1 is 1.27 bits per heavy atom. The number of aromatic nitrogens is 1. The first kappa shape index (κ1) is 18.9. The van der Waals surface area contributed by atoms with Crippen molar-refractivity contribution in [2.24, 2.45) is 5.92 Å². The van der Waals surface area contributed by atoms with Gasteiger partial charge >= 0.3 is 6.09 Å². The van der Waals surface area contributed by atoms with Crippen LogP contribution in [0.2, 0.25) is 0 Å². The molecule has 0 bridgehead atoms. The van der Waals surface area contributed by atoms with Gasteiger partial charge in [0.15, 0.2) is 5.13 Å². The maximum Gasteiger partial charge on any atom is 0.410 e. The van der Waals surface area contributed by atoms with Crippen molar-refractivity contribution in [3.05, 3.63) is 11.1 Å². The molecule has 1 aromatic rings. The van der Waals surface area contributed by atoms with Crippen molar-refractivity contribution in [2.75, 3.05) is 37.6 Å². The summed E-state index contributed by atoms with van der Waals surface area (Å²) in [5.74, 6) is 0.546. The third-order valence-electron chi connectivity index (χ3n) is 4.70. The molecule has 0 radical (unpaired) electrons. The molecular formula is C18H28N4O3S. The summed E-state index contributed by atoms with van der Waals surface area (Å²) in [4.78, 5) is 32.7.